The van der Waals surface area contributed by atoms with Crippen molar-refractivity contribution in [3.63, 3.8) is 0 Å². The van der Waals surface area contributed by atoms with Gasteiger partial charge in [-0.05, 0) is 48.4 Å². The number of sulfonamides is 1. The van der Waals surface area contributed by atoms with Crippen LogP contribution in [0.4, 0.5) is 13.2 Å². The first kappa shape index (κ1) is 25.2. The third-order valence-electron chi connectivity index (χ3n) is 6.66. The average molecular weight is 533 g/mol. The second-order valence-electron chi connectivity index (χ2n) is 9.00. The van der Waals surface area contributed by atoms with Crippen molar-refractivity contribution < 1.29 is 31.1 Å². The fourth-order valence-electron chi connectivity index (χ4n) is 4.74. The van der Waals surface area contributed by atoms with Crippen LogP contribution in [0.3, 0.4) is 0 Å². The molecule has 194 valence electrons. The van der Waals surface area contributed by atoms with Gasteiger partial charge >= 0.3 is 6.36 Å². The SMILES string of the molecule is O=C1NC(c2cccc(OC(F)(F)F)c2)=NC12CCN(S(=O)(=O)CCc1cccc3cnccc13)CC2. The van der Waals surface area contributed by atoms with Crippen LogP contribution in [0.5, 0.6) is 5.75 Å². The van der Waals surface area contributed by atoms with Crippen LogP contribution >= 0.6 is 0 Å². The minimum atomic E-state index is -4.84. The number of rotatable bonds is 6. The maximum absolute atomic E-state index is 13.1. The molecule has 0 radical (unpaired) electrons. The molecule has 1 N–H and O–H groups in total. The number of hydrogen-bond acceptors (Lipinski definition) is 6. The summed E-state index contributed by atoms with van der Waals surface area (Å²) in [6.45, 7) is 0.229. The molecule has 0 atom stereocenters. The topological polar surface area (TPSA) is 101 Å². The molecule has 12 heteroatoms. The monoisotopic (exact) mass is 532 g/mol. The van der Waals surface area contributed by atoms with Crippen molar-refractivity contribution in [2.24, 2.45) is 4.99 Å². The van der Waals surface area contributed by atoms with Crippen LogP contribution in [0, 0.1) is 0 Å². The number of aromatic nitrogens is 1. The molecular weight excluding hydrogens is 509 g/mol. The number of piperidine rings is 1. The van der Waals surface area contributed by atoms with Crippen LogP contribution in [0.1, 0.15) is 24.0 Å². The highest BCUT2D eigenvalue weighted by atomic mass is 32.2. The summed E-state index contributed by atoms with van der Waals surface area (Å²) in [7, 11) is -3.59. The molecule has 1 fully saturated rings. The van der Waals surface area contributed by atoms with Gasteiger partial charge in [-0.15, -0.1) is 13.2 Å². The fraction of sp³-hybridized carbons (Fsp3) is 0.320. The lowest BCUT2D eigenvalue weighted by atomic mass is 9.89. The molecule has 2 aliphatic rings. The average Bonchev–Trinajstić information content (AvgIpc) is 3.17. The number of carbonyl (C=O) groups excluding carboxylic acids is 1. The van der Waals surface area contributed by atoms with E-state index in [1.807, 2.05) is 24.3 Å². The van der Waals surface area contributed by atoms with Crippen LogP contribution in [0.25, 0.3) is 10.8 Å². The maximum Gasteiger partial charge on any atom is 0.573 e. The Labute approximate surface area is 211 Å². The number of pyridine rings is 1. The van der Waals surface area contributed by atoms with Gasteiger partial charge in [0.15, 0.2) is 0 Å². The molecular formula is C25H23F3N4O4S. The van der Waals surface area contributed by atoms with E-state index in [-0.39, 0.29) is 43.1 Å². The van der Waals surface area contributed by atoms with Crippen molar-refractivity contribution in [1.29, 1.82) is 0 Å². The van der Waals surface area contributed by atoms with Gasteiger partial charge in [-0.3, -0.25) is 14.8 Å². The van der Waals surface area contributed by atoms with Crippen molar-refractivity contribution in [2.45, 2.75) is 31.2 Å². The molecule has 3 aromatic rings. The van der Waals surface area contributed by atoms with Gasteiger partial charge in [0.2, 0.25) is 10.0 Å². The van der Waals surface area contributed by atoms with Gasteiger partial charge in [-0.1, -0.05) is 30.3 Å². The largest absolute Gasteiger partial charge is 0.573 e. The second kappa shape index (κ2) is 9.42. The first-order valence-corrected chi connectivity index (χ1v) is 13.2. The van der Waals surface area contributed by atoms with Crippen LogP contribution < -0.4 is 10.1 Å². The third kappa shape index (κ3) is 5.30. The lowest BCUT2D eigenvalue weighted by Crippen LogP contribution is -2.50. The number of nitrogens with zero attached hydrogens (tertiary/aromatic N) is 3. The highest BCUT2D eigenvalue weighted by Crippen LogP contribution is 2.33. The number of carbonyl (C=O) groups is 1. The molecule has 0 saturated carbocycles. The van der Waals surface area contributed by atoms with Gasteiger partial charge < -0.3 is 10.1 Å². The molecule has 37 heavy (non-hydrogen) atoms. The quantitative estimate of drug-likeness (QED) is 0.525. The van der Waals surface area contributed by atoms with E-state index in [9.17, 15) is 26.4 Å². The molecule has 0 aliphatic carbocycles. The fourth-order valence-corrected chi connectivity index (χ4v) is 6.22. The van der Waals surface area contributed by atoms with E-state index in [1.54, 1.807) is 12.4 Å². The number of ether oxygens (including phenoxy) is 1. The number of halogens is 3. The first-order valence-electron chi connectivity index (χ1n) is 11.6. The zero-order valence-corrected chi connectivity index (χ0v) is 20.3. The molecule has 1 saturated heterocycles. The molecule has 1 spiro atoms. The number of hydrogen-bond donors (Lipinski definition) is 1. The Balaban J connectivity index is 1.26. The number of aryl methyl sites for hydroxylation is 1. The molecule has 3 heterocycles. The van der Waals surface area contributed by atoms with Crippen LogP contribution in [-0.4, -0.2) is 60.2 Å². The lowest BCUT2D eigenvalue weighted by molar-refractivity contribution is -0.274. The lowest BCUT2D eigenvalue weighted by Gasteiger charge is -2.34. The van der Waals surface area contributed by atoms with Crippen LogP contribution in [-0.2, 0) is 21.2 Å². The Hall–Kier alpha value is -3.51. The molecule has 5 rings (SSSR count). The van der Waals surface area contributed by atoms with E-state index in [4.69, 9.17) is 0 Å². The summed E-state index contributed by atoms with van der Waals surface area (Å²) in [6, 6.07) is 12.7. The van der Waals surface area contributed by atoms with Crippen LogP contribution in [0.2, 0.25) is 0 Å². The van der Waals surface area contributed by atoms with Crippen molar-refractivity contribution in [3.8, 4) is 5.75 Å². The van der Waals surface area contributed by atoms with E-state index in [0.717, 1.165) is 28.5 Å². The molecule has 8 nitrogen and oxygen atoms in total. The number of fused-ring (bicyclic) bond motifs is 1. The first-order chi connectivity index (χ1) is 17.5. The molecule has 1 aromatic heterocycles. The van der Waals surface area contributed by atoms with E-state index in [0.29, 0.717) is 6.42 Å². The normalized spacial score (nSPS) is 18.1. The van der Waals surface area contributed by atoms with Crippen molar-refractivity contribution in [2.75, 3.05) is 18.8 Å². The Bertz CT molecular complexity index is 1480. The highest BCUT2D eigenvalue weighted by Gasteiger charge is 2.47. The summed E-state index contributed by atoms with van der Waals surface area (Å²) in [5.74, 6) is -0.759. The number of benzene rings is 2. The summed E-state index contributed by atoms with van der Waals surface area (Å²) in [5.41, 5.74) is 0.0237. The second-order valence-corrected chi connectivity index (χ2v) is 11.1. The predicted octanol–water partition coefficient (Wildman–Crippen LogP) is 3.42. The molecule has 2 aliphatic heterocycles. The van der Waals surface area contributed by atoms with Crippen molar-refractivity contribution >= 4 is 32.5 Å². The summed E-state index contributed by atoms with van der Waals surface area (Å²) in [4.78, 5) is 21.4. The summed E-state index contributed by atoms with van der Waals surface area (Å²) >= 11 is 0. The Morgan fingerprint density at radius 3 is 2.59 bits per heavy atom. The molecule has 2 aromatic carbocycles. The zero-order chi connectivity index (χ0) is 26.3. The number of alkyl halides is 3. The molecule has 1 amide bonds. The number of amidine groups is 1. The number of amides is 1. The highest BCUT2D eigenvalue weighted by molar-refractivity contribution is 7.89. The minimum absolute atomic E-state index is 0.0752. The van der Waals surface area contributed by atoms with E-state index in [2.05, 4.69) is 20.0 Å². The Morgan fingerprint density at radius 1 is 1.08 bits per heavy atom. The Kier molecular flexibility index (Phi) is 6.40. The standard InChI is InChI=1S/C25H23F3N4O4S/c26-25(27,28)36-20-6-2-4-18(15-20)22-30-23(33)24(31-22)9-12-32(13-10-24)37(34,35)14-8-17-3-1-5-19-16-29-11-7-21(17)19/h1-7,11,15-16H,8-10,12-14H2,(H,30,31,33). The van der Waals surface area contributed by atoms with Gasteiger partial charge in [0, 0.05) is 36.4 Å². The minimum Gasteiger partial charge on any atom is -0.406 e. The number of aliphatic imine (C=N–C) groups is 1. The van der Waals surface area contributed by atoms with Crippen LogP contribution in [0.15, 0.2) is 65.9 Å². The summed E-state index contributed by atoms with van der Waals surface area (Å²) < 4.78 is 69.2. The summed E-state index contributed by atoms with van der Waals surface area (Å²) in [6.07, 6.45) is -0.765. The van der Waals surface area contributed by atoms with E-state index in [1.165, 1.54) is 16.4 Å². The molecule has 0 bridgehead atoms. The Morgan fingerprint density at radius 2 is 1.84 bits per heavy atom. The molecule has 0 unspecified atom stereocenters. The maximum atomic E-state index is 13.1. The van der Waals surface area contributed by atoms with E-state index < -0.39 is 33.6 Å². The van der Waals surface area contributed by atoms with Gasteiger partial charge in [-0.25, -0.2) is 12.7 Å². The van der Waals surface area contributed by atoms with Gasteiger partial charge in [0.1, 0.15) is 17.1 Å². The number of nitrogens with one attached hydrogen (secondary N) is 1. The third-order valence-corrected chi connectivity index (χ3v) is 8.54. The van der Waals surface area contributed by atoms with Crippen molar-refractivity contribution in [3.05, 3.63) is 72.1 Å². The smallest absolute Gasteiger partial charge is 0.406 e. The van der Waals surface area contributed by atoms with Gasteiger partial charge in [0.05, 0.1) is 5.75 Å². The zero-order valence-electron chi connectivity index (χ0n) is 19.5. The summed E-state index contributed by atoms with van der Waals surface area (Å²) in [5, 5.41) is 4.54. The van der Waals surface area contributed by atoms with Gasteiger partial charge in [-0.2, -0.15) is 0 Å². The predicted molar refractivity (Wildman–Crippen MR) is 131 cm³/mol. The van der Waals surface area contributed by atoms with Gasteiger partial charge in [0.25, 0.3) is 5.91 Å². The van der Waals surface area contributed by atoms with Crippen molar-refractivity contribution in [1.82, 2.24) is 14.6 Å². The van der Waals surface area contributed by atoms with E-state index >= 15 is 0 Å².